The summed E-state index contributed by atoms with van der Waals surface area (Å²) in [6.07, 6.45) is 9.39. The van der Waals surface area contributed by atoms with Gasteiger partial charge in [0.15, 0.2) is 5.78 Å². The molecule has 0 radical (unpaired) electrons. The molecule has 0 bridgehead atoms. The molecule has 0 aromatic carbocycles. The van der Waals surface area contributed by atoms with Gasteiger partial charge < -0.3 is 19.5 Å². The minimum atomic E-state index is -1.31. The molecule has 158 valence electrons. The Hall–Kier alpha value is -2.83. The highest BCUT2D eigenvalue weighted by atomic mass is 16.7. The zero-order valence-corrected chi connectivity index (χ0v) is 17.3. The van der Waals surface area contributed by atoms with Gasteiger partial charge in [-0.3, -0.25) is 4.79 Å². The van der Waals surface area contributed by atoms with Crippen LogP contribution in [0.4, 0.5) is 0 Å². The zero-order chi connectivity index (χ0) is 21.6. The van der Waals surface area contributed by atoms with E-state index in [1.807, 2.05) is 6.20 Å². The van der Waals surface area contributed by atoms with Gasteiger partial charge in [0.05, 0.1) is 0 Å². The lowest BCUT2D eigenvalue weighted by atomic mass is 9.91. The number of nitrogens with zero attached hydrogens (tertiary/aromatic N) is 1. The Morgan fingerprint density at radius 1 is 1.24 bits per heavy atom. The van der Waals surface area contributed by atoms with Gasteiger partial charge in [-0.25, -0.2) is 9.59 Å². The molecule has 2 aliphatic heterocycles. The fraction of sp³-hybridized carbons (Fsp3) is 0.500. The molecular formula is C22H29NO6. The first-order valence-corrected chi connectivity index (χ1v) is 9.76. The van der Waals surface area contributed by atoms with Crippen molar-refractivity contribution in [3.05, 3.63) is 47.9 Å². The number of aliphatic hydroxyl groups is 1. The predicted molar refractivity (Wildman–Crippen MR) is 108 cm³/mol. The van der Waals surface area contributed by atoms with Crippen LogP contribution in [0.2, 0.25) is 0 Å². The Bertz CT molecular complexity index is 744. The average Bonchev–Trinajstić information content (AvgIpc) is 2.63. The summed E-state index contributed by atoms with van der Waals surface area (Å²) in [5, 5.41) is 9.97. The van der Waals surface area contributed by atoms with E-state index in [1.165, 1.54) is 19.9 Å². The fourth-order valence-electron chi connectivity index (χ4n) is 3.18. The first-order valence-electron chi connectivity index (χ1n) is 9.76. The van der Waals surface area contributed by atoms with E-state index in [-0.39, 0.29) is 17.1 Å². The third-order valence-electron chi connectivity index (χ3n) is 4.88. The number of carbonyl (C=O) groups is 3. The van der Waals surface area contributed by atoms with Crippen molar-refractivity contribution < 1.29 is 29.0 Å². The Morgan fingerprint density at radius 2 is 1.83 bits per heavy atom. The molecule has 2 fully saturated rings. The van der Waals surface area contributed by atoms with Crippen LogP contribution in [0.3, 0.4) is 0 Å². The molecule has 0 atom stereocenters. The second-order valence-corrected chi connectivity index (χ2v) is 7.89. The van der Waals surface area contributed by atoms with Gasteiger partial charge in [0.2, 0.25) is 0 Å². The summed E-state index contributed by atoms with van der Waals surface area (Å²) in [4.78, 5) is 37.5. The lowest BCUT2D eigenvalue weighted by Gasteiger charge is -2.31. The molecule has 0 amide bonds. The van der Waals surface area contributed by atoms with Gasteiger partial charge in [0.1, 0.15) is 11.3 Å². The Labute approximate surface area is 171 Å². The van der Waals surface area contributed by atoms with Crippen LogP contribution in [-0.2, 0) is 23.9 Å². The van der Waals surface area contributed by atoms with Crippen molar-refractivity contribution in [1.82, 2.24) is 4.90 Å². The van der Waals surface area contributed by atoms with Crippen molar-refractivity contribution in [3.63, 3.8) is 0 Å². The summed E-state index contributed by atoms with van der Waals surface area (Å²) < 4.78 is 9.95. The molecular weight excluding hydrogens is 374 g/mol. The molecule has 0 aliphatic carbocycles. The number of Topliss-reactive ketones (excluding diaryl/α,β-unsaturated/α-hetero) is 1. The Morgan fingerprint density at radius 3 is 2.38 bits per heavy atom. The van der Waals surface area contributed by atoms with Crippen molar-refractivity contribution >= 4 is 17.7 Å². The summed E-state index contributed by atoms with van der Waals surface area (Å²) in [7, 11) is 0. The van der Waals surface area contributed by atoms with Gasteiger partial charge >= 0.3 is 11.9 Å². The van der Waals surface area contributed by atoms with E-state index >= 15 is 0 Å². The van der Waals surface area contributed by atoms with Crippen LogP contribution in [0.15, 0.2) is 47.9 Å². The largest absolute Gasteiger partial charge is 0.508 e. The molecule has 0 spiro atoms. The lowest BCUT2D eigenvalue weighted by molar-refractivity contribution is -0.222. The van der Waals surface area contributed by atoms with Crippen LogP contribution < -0.4 is 0 Å². The molecule has 7 heteroatoms. The summed E-state index contributed by atoms with van der Waals surface area (Å²) in [6, 6.07) is 0. The minimum Gasteiger partial charge on any atom is -0.508 e. The first kappa shape index (κ1) is 22.5. The van der Waals surface area contributed by atoms with Crippen molar-refractivity contribution in [3.8, 4) is 0 Å². The summed E-state index contributed by atoms with van der Waals surface area (Å²) in [5.41, 5.74) is 0.266. The number of likely N-dealkylation sites (tertiary alicyclic amines) is 1. The highest BCUT2D eigenvalue weighted by Crippen LogP contribution is 2.24. The smallest absolute Gasteiger partial charge is 0.348 e. The molecule has 0 aromatic rings. The standard InChI is InChI=1S/C22H29NO6/c1-15(2)19(25)8-7-16-9-12-23(13-10-16)11-5-6-17(24)14-18-20(26)28-22(3,4)29-21(18)27/h5-6,11,14,16,24H,1,7-10,12-13H2,2-4H3/b11-5+,17-6-. The average molecular weight is 403 g/mol. The number of ether oxygens (including phenoxy) is 2. The third kappa shape index (κ3) is 6.93. The molecule has 2 heterocycles. The Kier molecular flexibility index (Phi) is 7.42. The summed E-state index contributed by atoms with van der Waals surface area (Å²) >= 11 is 0. The van der Waals surface area contributed by atoms with Crippen LogP contribution >= 0.6 is 0 Å². The minimum absolute atomic E-state index is 0.136. The van der Waals surface area contributed by atoms with Crippen molar-refractivity contribution in [2.75, 3.05) is 13.1 Å². The zero-order valence-electron chi connectivity index (χ0n) is 17.3. The van der Waals surface area contributed by atoms with E-state index in [4.69, 9.17) is 9.47 Å². The van der Waals surface area contributed by atoms with Crippen LogP contribution in [0, 0.1) is 5.92 Å². The molecule has 0 unspecified atom stereocenters. The van der Waals surface area contributed by atoms with Gasteiger partial charge in [0.25, 0.3) is 5.79 Å². The van der Waals surface area contributed by atoms with Gasteiger partial charge in [-0.2, -0.15) is 0 Å². The SMILES string of the molecule is C=C(C)C(=O)CCC1CCN(/C=C/C=C(\O)C=C2C(=O)OC(C)(C)OC2=O)CC1. The maximum atomic E-state index is 11.9. The molecule has 2 aliphatic rings. The summed E-state index contributed by atoms with van der Waals surface area (Å²) in [5.74, 6) is -2.56. The molecule has 2 rings (SSSR count). The number of rotatable bonds is 7. The van der Waals surface area contributed by atoms with E-state index in [0.717, 1.165) is 38.4 Å². The van der Waals surface area contributed by atoms with Gasteiger partial charge in [-0.05, 0) is 56.0 Å². The number of piperidine rings is 1. The molecule has 1 N–H and O–H groups in total. The van der Waals surface area contributed by atoms with E-state index in [2.05, 4.69) is 11.5 Å². The predicted octanol–water partition coefficient (Wildman–Crippen LogP) is 3.34. The van der Waals surface area contributed by atoms with Gasteiger partial charge in [0, 0.05) is 39.4 Å². The van der Waals surface area contributed by atoms with E-state index in [0.29, 0.717) is 17.9 Å². The molecule has 0 aromatic heterocycles. The van der Waals surface area contributed by atoms with E-state index in [1.54, 1.807) is 13.0 Å². The quantitative estimate of drug-likeness (QED) is 0.229. The number of allylic oxidation sites excluding steroid dienone is 4. The topological polar surface area (TPSA) is 93.1 Å². The second kappa shape index (κ2) is 9.58. The van der Waals surface area contributed by atoms with E-state index in [9.17, 15) is 19.5 Å². The summed E-state index contributed by atoms with van der Waals surface area (Å²) in [6.45, 7) is 10.1. The highest BCUT2D eigenvalue weighted by Gasteiger charge is 2.39. The second-order valence-electron chi connectivity index (χ2n) is 7.89. The fourth-order valence-corrected chi connectivity index (χ4v) is 3.18. The van der Waals surface area contributed by atoms with Gasteiger partial charge in [-0.1, -0.05) is 6.58 Å². The van der Waals surface area contributed by atoms with Crippen LogP contribution in [0.1, 0.15) is 46.5 Å². The third-order valence-corrected chi connectivity index (χ3v) is 4.88. The first-order chi connectivity index (χ1) is 13.6. The molecule has 2 saturated heterocycles. The van der Waals surface area contributed by atoms with Crippen LogP contribution in [0.25, 0.3) is 0 Å². The van der Waals surface area contributed by atoms with Crippen molar-refractivity contribution in [2.24, 2.45) is 5.92 Å². The number of hydrogen-bond donors (Lipinski definition) is 1. The molecule has 29 heavy (non-hydrogen) atoms. The molecule has 7 nitrogen and oxygen atoms in total. The lowest BCUT2D eigenvalue weighted by Crippen LogP contribution is -2.41. The maximum absolute atomic E-state index is 11.9. The number of aliphatic hydroxyl groups excluding tert-OH is 1. The maximum Gasteiger partial charge on any atom is 0.348 e. The van der Waals surface area contributed by atoms with Gasteiger partial charge in [-0.15, -0.1) is 0 Å². The Balaban J connectivity index is 1.83. The van der Waals surface area contributed by atoms with Crippen LogP contribution in [-0.4, -0.2) is 46.6 Å². The number of hydrogen-bond acceptors (Lipinski definition) is 7. The van der Waals surface area contributed by atoms with E-state index < -0.39 is 17.7 Å². The molecule has 0 saturated carbocycles. The van der Waals surface area contributed by atoms with Crippen molar-refractivity contribution in [1.29, 1.82) is 0 Å². The number of ketones is 1. The van der Waals surface area contributed by atoms with Crippen molar-refractivity contribution in [2.45, 2.75) is 52.2 Å². The number of cyclic esters (lactones) is 2. The number of esters is 2. The monoisotopic (exact) mass is 403 g/mol. The normalized spacial score (nSPS) is 20.4. The van der Waals surface area contributed by atoms with Crippen LogP contribution in [0.5, 0.6) is 0 Å². The number of carbonyl (C=O) groups excluding carboxylic acids is 3. The highest BCUT2D eigenvalue weighted by molar-refractivity contribution is 6.15.